The van der Waals surface area contributed by atoms with E-state index in [1.54, 1.807) is 7.05 Å². The van der Waals surface area contributed by atoms with Crippen LogP contribution in [0.5, 0.6) is 0 Å². The third kappa shape index (κ3) is 9.08. The first-order valence-corrected chi connectivity index (χ1v) is 9.11. The molecule has 0 unspecified atom stereocenters. The molecular formula is C18H37IN4O. The Balaban J connectivity index is 0.00000529. The van der Waals surface area contributed by atoms with Crippen LogP contribution >= 0.6 is 24.0 Å². The normalized spacial score (nSPS) is 16.9. The van der Waals surface area contributed by atoms with Crippen LogP contribution in [-0.4, -0.2) is 38.0 Å². The number of aliphatic imine (C=N–C) groups is 1. The summed E-state index contributed by atoms with van der Waals surface area (Å²) in [6.45, 7) is 10.1. The fourth-order valence-electron chi connectivity index (χ4n) is 3.62. The maximum atomic E-state index is 11.7. The highest BCUT2D eigenvalue weighted by atomic mass is 127. The van der Waals surface area contributed by atoms with Gasteiger partial charge in [0.2, 0.25) is 5.91 Å². The molecule has 5 nitrogen and oxygen atoms in total. The Labute approximate surface area is 165 Å². The molecule has 1 aliphatic carbocycles. The third-order valence-corrected chi connectivity index (χ3v) is 4.45. The SMILES string of the molecule is CN=C(NCCC(=O)NC(C)C)NCC1(CC(C)C)CCCC1.I. The maximum absolute atomic E-state index is 11.7. The van der Waals surface area contributed by atoms with Crippen molar-refractivity contribution in [2.24, 2.45) is 16.3 Å². The Morgan fingerprint density at radius 2 is 1.75 bits per heavy atom. The second kappa shape index (κ2) is 11.9. The molecule has 1 fully saturated rings. The van der Waals surface area contributed by atoms with Crippen molar-refractivity contribution >= 4 is 35.8 Å². The lowest BCUT2D eigenvalue weighted by Crippen LogP contribution is -2.44. The van der Waals surface area contributed by atoms with Crippen LogP contribution in [0.2, 0.25) is 0 Å². The van der Waals surface area contributed by atoms with Gasteiger partial charge in [-0.05, 0) is 44.4 Å². The van der Waals surface area contributed by atoms with Gasteiger partial charge in [0.15, 0.2) is 5.96 Å². The lowest BCUT2D eigenvalue weighted by Gasteiger charge is -2.31. The fourth-order valence-corrected chi connectivity index (χ4v) is 3.62. The van der Waals surface area contributed by atoms with Crippen molar-refractivity contribution in [1.29, 1.82) is 0 Å². The van der Waals surface area contributed by atoms with Crippen molar-refractivity contribution in [2.75, 3.05) is 20.1 Å². The van der Waals surface area contributed by atoms with Crippen molar-refractivity contribution in [2.45, 2.75) is 72.3 Å². The van der Waals surface area contributed by atoms with Gasteiger partial charge in [-0.15, -0.1) is 24.0 Å². The smallest absolute Gasteiger partial charge is 0.221 e. The van der Waals surface area contributed by atoms with E-state index in [1.807, 2.05) is 13.8 Å². The number of guanidine groups is 1. The van der Waals surface area contributed by atoms with Crippen LogP contribution in [0.15, 0.2) is 4.99 Å². The molecule has 0 aromatic heterocycles. The van der Waals surface area contributed by atoms with E-state index in [0.29, 0.717) is 18.4 Å². The molecule has 0 aromatic rings. The summed E-state index contributed by atoms with van der Waals surface area (Å²) in [4.78, 5) is 15.9. The van der Waals surface area contributed by atoms with Gasteiger partial charge in [0.05, 0.1) is 0 Å². The first-order chi connectivity index (χ1) is 10.9. The molecule has 0 spiro atoms. The summed E-state index contributed by atoms with van der Waals surface area (Å²) >= 11 is 0. The summed E-state index contributed by atoms with van der Waals surface area (Å²) < 4.78 is 0. The van der Waals surface area contributed by atoms with Gasteiger partial charge in [-0.2, -0.15) is 0 Å². The van der Waals surface area contributed by atoms with Crippen LogP contribution < -0.4 is 16.0 Å². The zero-order chi connectivity index (χ0) is 17.3. The number of hydrogen-bond donors (Lipinski definition) is 3. The zero-order valence-corrected chi connectivity index (χ0v) is 18.4. The number of nitrogens with zero attached hydrogens (tertiary/aromatic N) is 1. The first-order valence-electron chi connectivity index (χ1n) is 9.11. The average Bonchev–Trinajstić information content (AvgIpc) is 2.89. The van der Waals surface area contributed by atoms with E-state index in [2.05, 4.69) is 34.8 Å². The summed E-state index contributed by atoms with van der Waals surface area (Å²) in [5.74, 6) is 1.61. The average molecular weight is 452 g/mol. The van der Waals surface area contributed by atoms with Crippen molar-refractivity contribution in [3.8, 4) is 0 Å². The zero-order valence-electron chi connectivity index (χ0n) is 16.1. The standard InChI is InChI=1S/C18H36N4O.HI/c1-14(2)12-18(9-6-7-10-18)13-21-17(19-5)20-11-8-16(23)22-15(3)4;/h14-15H,6-13H2,1-5H3,(H,22,23)(H2,19,20,21);1H. The molecule has 0 saturated heterocycles. The summed E-state index contributed by atoms with van der Waals surface area (Å²) in [6, 6.07) is 0.193. The van der Waals surface area contributed by atoms with Gasteiger partial charge >= 0.3 is 0 Å². The quantitative estimate of drug-likeness (QED) is 0.301. The van der Waals surface area contributed by atoms with Gasteiger partial charge in [-0.3, -0.25) is 9.79 Å². The maximum Gasteiger partial charge on any atom is 0.221 e. The molecule has 0 bridgehead atoms. The number of rotatable bonds is 8. The molecule has 0 aromatic carbocycles. The lowest BCUT2D eigenvalue weighted by atomic mass is 9.78. The van der Waals surface area contributed by atoms with Crippen LogP contribution in [0.3, 0.4) is 0 Å². The first kappa shape index (κ1) is 23.5. The van der Waals surface area contributed by atoms with E-state index in [4.69, 9.17) is 0 Å². The molecule has 1 rings (SSSR count). The molecule has 24 heavy (non-hydrogen) atoms. The molecule has 1 aliphatic rings. The van der Waals surface area contributed by atoms with E-state index in [9.17, 15) is 4.79 Å². The monoisotopic (exact) mass is 452 g/mol. The molecule has 1 saturated carbocycles. The van der Waals surface area contributed by atoms with E-state index in [1.165, 1.54) is 32.1 Å². The van der Waals surface area contributed by atoms with E-state index >= 15 is 0 Å². The largest absolute Gasteiger partial charge is 0.356 e. The number of halogens is 1. The molecule has 0 heterocycles. The highest BCUT2D eigenvalue weighted by molar-refractivity contribution is 14.0. The Kier molecular flexibility index (Phi) is 11.7. The number of nitrogens with one attached hydrogen (secondary N) is 3. The van der Waals surface area contributed by atoms with Crippen LogP contribution in [0, 0.1) is 11.3 Å². The van der Waals surface area contributed by atoms with Gasteiger partial charge < -0.3 is 16.0 Å². The Hall–Kier alpha value is -0.530. The fraction of sp³-hybridized carbons (Fsp3) is 0.889. The second-order valence-corrected chi connectivity index (χ2v) is 7.63. The minimum absolute atomic E-state index is 0. The summed E-state index contributed by atoms with van der Waals surface area (Å²) in [6.07, 6.45) is 7.05. The van der Waals surface area contributed by atoms with Gasteiger partial charge in [0, 0.05) is 32.6 Å². The van der Waals surface area contributed by atoms with Crippen LogP contribution in [0.25, 0.3) is 0 Å². The van der Waals surface area contributed by atoms with Gasteiger partial charge in [0.25, 0.3) is 0 Å². The van der Waals surface area contributed by atoms with Crippen LogP contribution in [0.4, 0.5) is 0 Å². The lowest BCUT2D eigenvalue weighted by molar-refractivity contribution is -0.121. The molecule has 0 radical (unpaired) electrons. The minimum atomic E-state index is 0. The topological polar surface area (TPSA) is 65.5 Å². The molecule has 142 valence electrons. The predicted molar refractivity (Wildman–Crippen MR) is 113 cm³/mol. The van der Waals surface area contributed by atoms with Gasteiger partial charge in [0.1, 0.15) is 0 Å². The Morgan fingerprint density at radius 3 is 2.25 bits per heavy atom. The molecular weight excluding hydrogens is 415 g/mol. The Bertz CT molecular complexity index is 390. The molecule has 1 amide bonds. The van der Waals surface area contributed by atoms with Gasteiger partial charge in [-0.25, -0.2) is 0 Å². The highest BCUT2D eigenvalue weighted by Gasteiger charge is 2.34. The summed E-state index contributed by atoms with van der Waals surface area (Å²) in [7, 11) is 1.79. The number of hydrogen-bond acceptors (Lipinski definition) is 2. The van der Waals surface area contributed by atoms with Crippen molar-refractivity contribution in [1.82, 2.24) is 16.0 Å². The van der Waals surface area contributed by atoms with Gasteiger partial charge in [-0.1, -0.05) is 26.7 Å². The highest BCUT2D eigenvalue weighted by Crippen LogP contribution is 2.42. The van der Waals surface area contributed by atoms with Crippen molar-refractivity contribution < 1.29 is 4.79 Å². The summed E-state index contributed by atoms with van der Waals surface area (Å²) in [5.41, 5.74) is 0.417. The molecule has 0 aliphatic heterocycles. The Morgan fingerprint density at radius 1 is 1.12 bits per heavy atom. The summed E-state index contributed by atoms with van der Waals surface area (Å²) in [5, 5.41) is 9.63. The van der Waals surface area contributed by atoms with Crippen molar-refractivity contribution in [3.05, 3.63) is 0 Å². The predicted octanol–water partition coefficient (Wildman–Crippen LogP) is 3.29. The third-order valence-electron chi connectivity index (χ3n) is 4.45. The number of amides is 1. The van der Waals surface area contributed by atoms with E-state index < -0.39 is 0 Å². The van der Waals surface area contributed by atoms with E-state index in [0.717, 1.165) is 18.4 Å². The van der Waals surface area contributed by atoms with E-state index in [-0.39, 0.29) is 35.9 Å². The molecule has 6 heteroatoms. The second-order valence-electron chi connectivity index (χ2n) is 7.63. The molecule has 3 N–H and O–H groups in total. The number of carbonyl (C=O) groups is 1. The van der Waals surface area contributed by atoms with Crippen LogP contribution in [-0.2, 0) is 4.79 Å². The molecule has 0 atom stereocenters. The number of carbonyl (C=O) groups excluding carboxylic acids is 1. The minimum Gasteiger partial charge on any atom is -0.356 e. The van der Waals surface area contributed by atoms with Crippen LogP contribution in [0.1, 0.15) is 66.2 Å². The van der Waals surface area contributed by atoms with Crippen molar-refractivity contribution in [3.63, 3.8) is 0 Å².